The second-order valence-electron chi connectivity index (χ2n) is 9.55. The number of imidazole rings is 1. The number of aromatic nitrogens is 5. The molecule has 1 saturated heterocycles. The zero-order valence-corrected chi connectivity index (χ0v) is 21.0. The zero-order chi connectivity index (χ0) is 27.1. The third-order valence-electron chi connectivity index (χ3n) is 7.02. The van der Waals surface area contributed by atoms with Gasteiger partial charge in [-0.3, -0.25) is 13.9 Å². The first-order valence-corrected chi connectivity index (χ1v) is 12.7. The number of nitrogens with one attached hydrogen (secondary N) is 1. The summed E-state index contributed by atoms with van der Waals surface area (Å²) in [5.74, 6) is 0.443. The Bertz CT molecular complexity index is 1710. The second-order valence-corrected chi connectivity index (χ2v) is 9.55. The molecule has 5 aromatic rings. The van der Waals surface area contributed by atoms with Crippen LogP contribution in [0.2, 0.25) is 0 Å². The molecule has 2 atom stereocenters. The SMILES string of the molecule is CC(Nc1ncnc2c1ncn2C1CCCCO1)c1cc2cccc(C(F)(F)F)c2c(=O)n1-c1ccccc1. The number of alkyl halides is 3. The lowest BCUT2D eigenvalue weighted by Gasteiger charge is -2.24. The van der Waals surface area contributed by atoms with Gasteiger partial charge in [0.2, 0.25) is 0 Å². The monoisotopic (exact) mass is 534 g/mol. The molecular weight excluding hydrogens is 509 g/mol. The van der Waals surface area contributed by atoms with Crippen molar-refractivity contribution in [2.45, 2.75) is 44.6 Å². The minimum atomic E-state index is -4.67. The molecule has 0 bridgehead atoms. The number of pyridine rings is 1. The predicted octanol–water partition coefficient (Wildman–Crippen LogP) is 6.02. The van der Waals surface area contributed by atoms with E-state index >= 15 is 0 Å². The van der Waals surface area contributed by atoms with Gasteiger partial charge < -0.3 is 10.1 Å². The molecule has 0 spiro atoms. The summed E-state index contributed by atoms with van der Waals surface area (Å²) in [4.78, 5) is 27.1. The van der Waals surface area contributed by atoms with E-state index in [1.54, 1.807) is 42.7 Å². The Morgan fingerprint density at radius 1 is 1.05 bits per heavy atom. The van der Waals surface area contributed by atoms with E-state index in [0.717, 1.165) is 25.3 Å². The van der Waals surface area contributed by atoms with Crippen molar-refractivity contribution in [1.29, 1.82) is 0 Å². The van der Waals surface area contributed by atoms with E-state index in [-0.39, 0.29) is 17.0 Å². The minimum Gasteiger partial charge on any atom is -0.360 e. The summed E-state index contributed by atoms with van der Waals surface area (Å²) in [7, 11) is 0. The van der Waals surface area contributed by atoms with Crippen molar-refractivity contribution in [3.8, 4) is 5.69 Å². The lowest BCUT2D eigenvalue weighted by molar-refractivity contribution is -0.136. The summed E-state index contributed by atoms with van der Waals surface area (Å²) in [6.07, 6.45) is 1.20. The van der Waals surface area contributed by atoms with Crippen LogP contribution in [-0.2, 0) is 10.9 Å². The normalized spacial score (nSPS) is 17.0. The van der Waals surface area contributed by atoms with Crippen LogP contribution in [0.25, 0.3) is 27.6 Å². The van der Waals surface area contributed by atoms with Crippen molar-refractivity contribution in [2.24, 2.45) is 0 Å². The molecule has 3 aromatic heterocycles. The van der Waals surface area contributed by atoms with Crippen molar-refractivity contribution in [2.75, 3.05) is 11.9 Å². The molecule has 2 aromatic carbocycles. The van der Waals surface area contributed by atoms with Crippen LogP contribution in [-0.4, -0.2) is 30.7 Å². The smallest absolute Gasteiger partial charge is 0.360 e. The molecule has 0 amide bonds. The number of ether oxygens (including phenoxy) is 1. The number of hydrogen-bond acceptors (Lipinski definition) is 6. The Balaban J connectivity index is 1.47. The van der Waals surface area contributed by atoms with Crippen LogP contribution in [0.5, 0.6) is 0 Å². The molecule has 4 heterocycles. The van der Waals surface area contributed by atoms with Gasteiger partial charge in [0.15, 0.2) is 17.0 Å². The van der Waals surface area contributed by atoms with E-state index in [9.17, 15) is 18.0 Å². The number of anilines is 1. The molecule has 200 valence electrons. The molecule has 39 heavy (non-hydrogen) atoms. The first-order valence-electron chi connectivity index (χ1n) is 12.7. The second kappa shape index (κ2) is 9.81. The fourth-order valence-corrected chi connectivity index (χ4v) is 5.17. The van der Waals surface area contributed by atoms with E-state index in [0.29, 0.717) is 35.0 Å². The van der Waals surface area contributed by atoms with Crippen LogP contribution in [0.4, 0.5) is 19.0 Å². The Kier molecular flexibility index (Phi) is 6.30. The molecule has 1 N–H and O–H groups in total. The highest BCUT2D eigenvalue weighted by atomic mass is 19.4. The molecule has 1 aliphatic heterocycles. The highest BCUT2D eigenvalue weighted by Gasteiger charge is 2.34. The van der Waals surface area contributed by atoms with Gasteiger partial charge in [-0.2, -0.15) is 13.2 Å². The standard InChI is InChI=1S/C28H25F3N6O2/c1-17(35-25-24-26(33-15-32-25)36(16-34-24)22-12-5-6-13-39-22)21-14-18-8-7-11-20(28(29,30)31)23(18)27(38)37(21)19-9-3-2-4-10-19/h2-4,7-11,14-17,22H,5-6,12-13H2,1H3,(H,32,33,35). The van der Waals surface area contributed by atoms with Gasteiger partial charge in [-0.05, 0) is 55.8 Å². The van der Waals surface area contributed by atoms with Gasteiger partial charge in [0.25, 0.3) is 5.56 Å². The van der Waals surface area contributed by atoms with Crippen LogP contribution in [0.15, 0.2) is 72.0 Å². The van der Waals surface area contributed by atoms with Crippen LogP contribution in [0, 0.1) is 0 Å². The molecule has 2 unspecified atom stereocenters. The first-order chi connectivity index (χ1) is 18.8. The Hall–Kier alpha value is -4.25. The summed E-state index contributed by atoms with van der Waals surface area (Å²) in [6, 6.07) is 13.5. The number of para-hydroxylation sites is 1. The van der Waals surface area contributed by atoms with Gasteiger partial charge in [0, 0.05) is 18.0 Å². The van der Waals surface area contributed by atoms with E-state index in [4.69, 9.17) is 4.74 Å². The number of nitrogens with zero attached hydrogens (tertiary/aromatic N) is 5. The Labute approximate surface area is 221 Å². The van der Waals surface area contributed by atoms with Crippen LogP contribution in [0.1, 0.15) is 49.7 Å². The lowest BCUT2D eigenvalue weighted by atomic mass is 10.0. The molecule has 8 nitrogen and oxygen atoms in total. The molecular formula is C28H25F3N6O2. The van der Waals surface area contributed by atoms with E-state index in [2.05, 4.69) is 20.3 Å². The van der Waals surface area contributed by atoms with Gasteiger partial charge in [-0.25, -0.2) is 15.0 Å². The number of hydrogen-bond donors (Lipinski definition) is 1. The molecule has 1 fully saturated rings. The maximum atomic E-state index is 13.9. The van der Waals surface area contributed by atoms with Gasteiger partial charge in [0.05, 0.1) is 23.3 Å². The summed E-state index contributed by atoms with van der Waals surface area (Å²) in [5, 5.41) is 3.15. The van der Waals surface area contributed by atoms with Gasteiger partial charge >= 0.3 is 6.18 Å². The maximum absolute atomic E-state index is 13.9. The highest BCUT2D eigenvalue weighted by Crippen LogP contribution is 2.35. The molecule has 0 radical (unpaired) electrons. The summed E-state index contributed by atoms with van der Waals surface area (Å²) < 4.78 is 50.7. The topological polar surface area (TPSA) is 86.9 Å². The predicted molar refractivity (Wildman–Crippen MR) is 141 cm³/mol. The number of halogens is 3. The van der Waals surface area contributed by atoms with Gasteiger partial charge in [0.1, 0.15) is 12.6 Å². The van der Waals surface area contributed by atoms with Crippen LogP contribution in [0.3, 0.4) is 0 Å². The van der Waals surface area contributed by atoms with Crippen molar-refractivity contribution in [3.63, 3.8) is 0 Å². The Morgan fingerprint density at radius 3 is 2.62 bits per heavy atom. The largest absolute Gasteiger partial charge is 0.417 e. The molecule has 0 aliphatic carbocycles. The summed E-state index contributed by atoms with van der Waals surface area (Å²) >= 11 is 0. The maximum Gasteiger partial charge on any atom is 0.417 e. The first kappa shape index (κ1) is 25.1. The highest BCUT2D eigenvalue weighted by molar-refractivity contribution is 5.87. The van der Waals surface area contributed by atoms with E-state index < -0.39 is 23.3 Å². The fourth-order valence-electron chi connectivity index (χ4n) is 5.17. The average Bonchev–Trinajstić information content (AvgIpc) is 3.38. The van der Waals surface area contributed by atoms with E-state index in [1.807, 2.05) is 11.5 Å². The zero-order valence-electron chi connectivity index (χ0n) is 21.0. The third-order valence-corrected chi connectivity index (χ3v) is 7.02. The van der Waals surface area contributed by atoms with Crippen molar-refractivity contribution in [3.05, 3.63) is 88.9 Å². The molecule has 0 saturated carbocycles. The molecule has 6 rings (SSSR count). The lowest BCUT2D eigenvalue weighted by Crippen LogP contribution is -2.27. The number of rotatable bonds is 5. The van der Waals surface area contributed by atoms with Crippen molar-refractivity contribution < 1.29 is 17.9 Å². The summed E-state index contributed by atoms with van der Waals surface area (Å²) in [6.45, 7) is 2.50. The quantitative estimate of drug-likeness (QED) is 0.297. The van der Waals surface area contributed by atoms with Crippen molar-refractivity contribution >= 4 is 27.8 Å². The molecule has 11 heteroatoms. The van der Waals surface area contributed by atoms with Gasteiger partial charge in [-0.1, -0.05) is 30.3 Å². The van der Waals surface area contributed by atoms with Gasteiger partial charge in [-0.15, -0.1) is 0 Å². The fraction of sp³-hybridized carbons (Fsp3) is 0.286. The van der Waals surface area contributed by atoms with Crippen LogP contribution >= 0.6 is 0 Å². The van der Waals surface area contributed by atoms with Crippen molar-refractivity contribution in [1.82, 2.24) is 24.1 Å². The minimum absolute atomic E-state index is 0.157. The molecule has 1 aliphatic rings. The van der Waals surface area contributed by atoms with E-state index in [1.165, 1.54) is 23.0 Å². The Morgan fingerprint density at radius 2 is 1.87 bits per heavy atom. The average molecular weight is 535 g/mol. The number of fused-ring (bicyclic) bond motifs is 2. The third kappa shape index (κ3) is 4.52. The number of benzene rings is 2. The summed E-state index contributed by atoms with van der Waals surface area (Å²) in [5.41, 5.74) is 0.362. The van der Waals surface area contributed by atoms with Crippen LogP contribution < -0.4 is 10.9 Å².